The third-order valence-corrected chi connectivity index (χ3v) is 4.00. The van der Waals surface area contributed by atoms with Crippen molar-refractivity contribution in [1.29, 1.82) is 0 Å². The van der Waals surface area contributed by atoms with Crippen LogP contribution in [0.15, 0.2) is 30.7 Å². The van der Waals surface area contributed by atoms with Gasteiger partial charge >= 0.3 is 0 Å². The molecule has 0 bridgehead atoms. The Morgan fingerprint density at radius 1 is 1.23 bits per heavy atom. The fraction of sp³-hybridized carbons (Fsp3) is 0.188. The van der Waals surface area contributed by atoms with Gasteiger partial charge in [0.2, 0.25) is 0 Å². The molecular formula is C16H16N6. The van der Waals surface area contributed by atoms with Gasteiger partial charge in [0.25, 0.3) is 0 Å². The lowest BCUT2D eigenvalue weighted by Gasteiger charge is -2.07. The topological polar surface area (TPSA) is 82.3 Å². The number of hydrogen-bond acceptors (Lipinski definition) is 4. The monoisotopic (exact) mass is 292 g/mol. The minimum Gasteiger partial charge on any atom is -0.343 e. The first-order chi connectivity index (χ1) is 10.8. The van der Waals surface area contributed by atoms with Gasteiger partial charge in [-0.15, -0.1) is 0 Å². The SMILES string of the molecule is CCc1[nH]c2ncnc(Nc3ccc4[nH]ncc4c3)c2c1C. The zero-order chi connectivity index (χ0) is 15.1. The maximum absolute atomic E-state index is 4.41. The molecule has 0 unspecified atom stereocenters. The molecule has 110 valence electrons. The summed E-state index contributed by atoms with van der Waals surface area (Å²) in [6.07, 6.45) is 4.34. The van der Waals surface area contributed by atoms with E-state index in [-0.39, 0.29) is 0 Å². The second kappa shape index (κ2) is 4.84. The molecule has 3 heterocycles. The molecule has 3 N–H and O–H groups in total. The number of rotatable bonds is 3. The van der Waals surface area contributed by atoms with Crippen molar-refractivity contribution in [3.05, 3.63) is 42.0 Å². The van der Waals surface area contributed by atoms with Gasteiger partial charge in [0.15, 0.2) is 0 Å². The highest BCUT2D eigenvalue weighted by Crippen LogP contribution is 2.29. The predicted molar refractivity (Wildman–Crippen MR) is 87.4 cm³/mol. The molecule has 0 amide bonds. The van der Waals surface area contributed by atoms with E-state index in [9.17, 15) is 0 Å². The van der Waals surface area contributed by atoms with Crippen LogP contribution in [0, 0.1) is 6.92 Å². The lowest BCUT2D eigenvalue weighted by Crippen LogP contribution is -1.95. The lowest BCUT2D eigenvalue weighted by atomic mass is 10.1. The zero-order valence-corrected chi connectivity index (χ0v) is 12.4. The molecule has 0 spiro atoms. The molecule has 6 heteroatoms. The summed E-state index contributed by atoms with van der Waals surface area (Å²) in [6.45, 7) is 4.23. The lowest BCUT2D eigenvalue weighted by molar-refractivity contribution is 1.05. The van der Waals surface area contributed by atoms with Crippen LogP contribution >= 0.6 is 0 Å². The maximum atomic E-state index is 4.41. The van der Waals surface area contributed by atoms with Gasteiger partial charge in [-0.05, 0) is 37.1 Å². The number of nitrogens with one attached hydrogen (secondary N) is 3. The van der Waals surface area contributed by atoms with Crippen molar-refractivity contribution in [2.45, 2.75) is 20.3 Å². The molecular weight excluding hydrogens is 276 g/mol. The summed E-state index contributed by atoms with van der Waals surface area (Å²) < 4.78 is 0. The van der Waals surface area contributed by atoms with E-state index in [0.29, 0.717) is 0 Å². The second-order valence-electron chi connectivity index (χ2n) is 5.33. The summed E-state index contributed by atoms with van der Waals surface area (Å²) in [7, 11) is 0. The zero-order valence-electron chi connectivity index (χ0n) is 12.4. The Labute approximate surface area is 127 Å². The third kappa shape index (κ3) is 1.92. The maximum Gasteiger partial charge on any atom is 0.143 e. The first kappa shape index (κ1) is 12.8. The number of hydrogen-bond donors (Lipinski definition) is 3. The summed E-state index contributed by atoms with van der Waals surface area (Å²) in [5.41, 5.74) is 5.27. The van der Waals surface area contributed by atoms with Crippen LogP contribution in [-0.4, -0.2) is 25.1 Å². The number of H-pyrrole nitrogens is 2. The summed E-state index contributed by atoms with van der Waals surface area (Å²) in [6, 6.07) is 6.07. The molecule has 0 atom stereocenters. The van der Waals surface area contributed by atoms with Crippen molar-refractivity contribution in [2.24, 2.45) is 0 Å². The Morgan fingerprint density at radius 3 is 3.00 bits per heavy atom. The Morgan fingerprint density at radius 2 is 2.14 bits per heavy atom. The third-order valence-electron chi connectivity index (χ3n) is 4.00. The number of aromatic amines is 2. The molecule has 0 fully saturated rings. The largest absolute Gasteiger partial charge is 0.343 e. The van der Waals surface area contributed by atoms with Crippen molar-refractivity contribution in [2.75, 3.05) is 5.32 Å². The number of aryl methyl sites for hydroxylation is 2. The van der Waals surface area contributed by atoms with Crippen molar-refractivity contribution < 1.29 is 0 Å². The number of benzene rings is 1. The van der Waals surface area contributed by atoms with E-state index < -0.39 is 0 Å². The van der Waals surface area contributed by atoms with Crippen molar-refractivity contribution in [3.63, 3.8) is 0 Å². The van der Waals surface area contributed by atoms with Crippen molar-refractivity contribution in [1.82, 2.24) is 25.1 Å². The summed E-state index contributed by atoms with van der Waals surface area (Å²) in [5, 5.41) is 12.5. The van der Waals surface area contributed by atoms with Gasteiger partial charge in [-0.3, -0.25) is 5.10 Å². The molecule has 0 aliphatic carbocycles. The predicted octanol–water partition coefficient (Wildman–Crippen LogP) is 3.45. The van der Waals surface area contributed by atoms with Crippen LogP contribution in [0.4, 0.5) is 11.5 Å². The minimum atomic E-state index is 0.821. The molecule has 4 rings (SSSR count). The van der Waals surface area contributed by atoms with Crippen molar-refractivity contribution >= 4 is 33.4 Å². The fourth-order valence-electron chi connectivity index (χ4n) is 2.83. The van der Waals surface area contributed by atoms with Gasteiger partial charge in [0, 0.05) is 16.8 Å². The molecule has 0 aliphatic rings. The van der Waals surface area contributed by atoms with Crippen LogP contribution in [-0.2, 0) is 6.42 Å². The Bertz CT molecular complexity index is 965. The van der Waals surface area contributed by atoms with Crippen LogP contribution in [0.2, 0.25) is 0 Å². The van der Waals surface area contributed by atoms with Crippen LogP contribution in [0.5, 0.6) is 0 Å². The van der Waals surface area contributed by atoms with Gasteiger partial charge in [-0.1, -0.05) is 6.92 Å². The molecule has 0 radical (unpaired) electrons. The van der Waals surface area contributed by atoms with E-state index in [2.05, 4.69) is 50.4 Å². The molecule has 0 saturated heterocycles. The second-order valence-corrected chi connectivity index (χ2v) is 5.33. The van der Waals surface area contributed by atoms with Gasteiger partial charge in [0.1, 0.15) is 17.8 Å². The average molecular weight is 292 g/mol. The van der Waals surface area contributed by atoms with Gasteiger partial charge < -0.3 is 10.3 Å². The van der Waals surface area contributed by atoms with Gasteiger partial charge in [-0.25, -0.2) is 9.97 Å². The molecule has 6 nitrogen and oxygen atoms in total. The summed E-state index contributed by atoms with van der Waals surface area (Å²) in [5.74, 6) is 0.821. The Kier molecular flexibility index (Phi) is 2.82. The highest BCUT2D eigenvalue weighted by molar-refractivity contribution is 5.93. The average Bonchev–Trinajstić information content (AvgIpc) is 3.12. The van der Waals surface area contributed by atoms with E-state index in [1.165, 1.54) is 11.3 Å². The van der Waals surface area contributed by atoms with E-state index >= 15 is 0 Å². The number of aromatic nitrogens is 5. The molecule has 0 aliphatic heterocycles. The van der Waals surface area contributed by atoms with Crippen LogP contribution < -0.4 is 5.32 Å². The Balaban J connectivity index is 1.81. The molecule has 1 aromatic carbocycles. The van der Waals surface area contributed by atoms with Gasteiger partial charge in [0.05, 0.1) is 17.1 Å². The summed E-state index contributed by atoms with van der Waals surface area (Å²) >= 11 is 0. The van der Waals surface area contributed by atoms with Crippen molar-refractivity contribution in [3.8, 4) is 0 Å². The van der Waals surface area contributed by atoms with E-state index in [4.69, 9.17) is 0 Å². The smallest absolute Gasteiger partial charge is 0.143 e. The molecule has 0 saturated carbocycles. The van der Waals surface area contributed by atoms with Gasteiger partial charge in [-0.2, -0.15) is 5.10 Å². The summed E-state index contributed by atoms with van der Waals surface area (Å²) in [4.78, 5) is 12.1. The highest BCUT2D eigenvalue weighted by Gasteiger charge is 2.12. The fourth-order valence-corrected chi connectivity index (χ4v) is 2.83. The molecule has 4 aromatic rings. The normalized spacial score (nSPS) is 11.4. The van der Waals surface area contributed by atoms with E-state index in [1.54, 1.807) is 6.33 Å². The quantitative estimate of drug-likeness (QED) is 0.540. The van der Waals surface area contributed by atoms with Crippen LogP contribution in [0.3, 0.4) is 0 Å². The van der Waals surface area contributed by atoms with E-state index in [1.807, 2.05) is 18.3 Å². The van der Waals surface area contributed by atoms with Crippen LogP contribution in [0.1, 0.15) is 18.2 Å². The highest BCUT2D eigenvalue weighted by atomic mass is 15.1. The molecule has 3 aromatic heterocycles. The minimum absolute atomic E-state index is 0.821. The molecule has 22 heavy (non-hydrogen) atoms. The Hall–Kier alpha value is -2.89. The number of fused-ring (bicyclic) bond motifs is 2. The van der Waals surface area contributed by atoms with E-state index in [0.717, 1.165) is 39.9 Å². The number of nitrogens with zero attached hydrogens (tertiary/aromatic N) is 3. The first-order valence-electron chi connectivity index (χ1n) is 7.28. The van der Waals surface area contributed by atoms with Crippen LogP contribution in [0.25, 0.3) is 21.9 Å². The number of anilines is 2. The first-order valence-corrected chi connectivity index (χ1v) is 7.28. The standard InChI is InChI=1S/C16H16N6/c1-3-12-9(2)14-15(17-8-18-16(14)21-12)20-11-4-5-13-10(6-11)7-19-22-13/h4-8H,3H2,1-2H3,(H,19,22)(H2,17,18,20,21).